The van der Waals surface area contributed by atoms with E-state index in [4.69, 9.17) is 14.5 Å². The van der Waals surface area contributed by atoms with Gasteiger partial charge in [0.15, 0.2) is 0 Å². The smallest absolute Gasteiger partial charge is 0.336 e. The number of hydrogen-bond acceptors (Lipinski definition) is 5. The van der Waals surface area contributed by atoms with Crippen LogP contribution in [0.2, 0.25) is 0 Å². The third-order valence-corrected chi connectivity index (χ3v) is 6.18. The first-order chi connectivity index (χ1) is 15.0. The molecule has 31 heavy (non-hydrogen) atoms. The molecule has 1 heterocycles. The molecule has 0 aromatic heterocycles. The summed E-state index contributed by atoms with van der Waals surface area (Å²) in [5.74, 6) is -0.251. The minimum Gasteiger partial charge on any atom is -0.497 e. The number of ketones is 1. The van der Waals surface area contributed by atoms with Gasteiger partial charge in [-0.05, 0) is 55.5 Å². The van der Waals surface area contributed by atoms with Gasteiger partial charge >= 0.3 is 5.97 Å². The zero-order chi connectivity index (χ0) is 22.0. The first-order valence-corrected chi connectivity index (χ1v) is 10.7. The highest BCUT2D eigenvalue weighted by atomic mass is 16.5. The van der Waals surface area contributed by atoms with Gasteiger partial charge in [-0.25, -0.2) is 4.79 Å². The molecule has 1 aliphatic carbocycles. The van der Waals surface area contributed by atoms with E-state index in [0.717, 1.165) is 41.0 Å². The Hall–Kier alpha value is -3.21. The van der Waals surface area contributed by atoms with Crippen LogP contribution in [-0.4, -0.2) is 24.6 Å². The molecule has 160 valence electrons. The molecule has 1 aliphatic heterocycles. The maximum Gasteiger partial charge on any atom is 0.336 e. The van der Waals surface area contributed by atoms with Crippen molar-refractivity contribution in [3.05, 3.63) is 76.5 Å². The van der Waals surface area contributed by atoms with Gasteiger partial charge in [-0.2, -0.15) is 0 Å². The Labute approximate surface area is 182 Å². The van der Waals surface area contributed by atoms with Gasteiger partial charge in [0.05, 0.1) is 18.6 Å². The van der Waals surface area contributed by atoms with Crippen LogP contribution in [0, 0.1) is 12.8 Å². The van der Waals surface area contributed by atoms with Crippen molar-refractivity contribution in [1.82, 2.24) is 0 Å². The van der Waals surface area contributed by atoms with Crippen LogP contribution in [0.25, 0.3) is 0 Å². The Morgan fingerprint density at radius 1 is 1.03 bits per heavy atom. The average Bonchev–Trinajstić information content (AvgIpc) is 2.77. The molecule has 5 nitrogen and oxygen atoms in total. The number of ether oxygens (including phenoxy) is 2. The van der Waals surface area contributed by atoms with Crippen molar-refractivity contribution in [2.24, 2.45) is 10.9 Å². The van der Waals surface area contributed by atoms with E-state index in [0.29, 0.717) is 17.7 Å². The highest BCUT2D eigenvalue weighted by Crippen LogP contribution is 2.44. The molecule has 1 unspecified atom stereocenters. The molecule has 2 aromatic carbocycles. The largest absolute Gasteiger partial charge is 0.497 e. The lowest BCUT2D eigenvalue weighted by Crippen LogP contribution is -2.39. The predicted molar refractivity (Wildman–Crippen MR) is 119 cm³/mol. The topological polar surface area (TPSA) is 65.0 Å². The first-order valence-electron chi connectivity index (χ1n) is 10.7. The summed E-state index contributed by atoms with van der Waals surface area (Å²) in [6, 6.07) is 15.4. The third-order valence-electron chi connectivity index (χ3n) is 6.18. The fraction of sp³-hybridized carbons (Fsp3) is 0.346. The van der Waals surface area contributed by atoms with Gasteiger partial charge in [-0.15, -0.1) is 0 Å². The van der Waals surface area contributed by atoms with Gasteiger partial charge in [0.2, 0.25) is 0 Å². The van der Waals surface area contributed by atoms with Gasteiger partial charge in [-0.1, -0.05) is 36.4 Å². The monoisotopic (exact) mass is 417 g/mol. The van der Waals surface area contributed by atoms with E-state index in [1.165, 1.54) is 0 Å². The highest BCUT2D eigenvalue weighted by Gasteiger charge is 2.44. The van der Waals surface area contributed by atoms with Crippen molar-refractivity contribution in [2.45, 2.75) is 45.6 Å². The zero-order valence-corrected chi connectivity index (χ0v) is 18.2. The Kier molecular flexibility index (Phi) is 6.03. The summed E-state index contributed by atoms with van der Waals surface area (Å²) in [4.78, 5) is 31.0. The summed E-state index contributed by atoms with van der Waals surface area (Å²) < 4.78 is 10.9. The molecule has 2 aliphatic rings. The van der Waals surface area contributed by atoms with Crippen LogP contribution in [0.3, 0.4) is 0 Å². The van der Waals surface area contributed by atoms with Crippen LogP contribution < -0.4 is 4.74 Å². The van der Waals surface area contributed by atoms with E-state index in [-0.39, 0.29) is 24.2 Å². The summed E-state index contributed by atoms with van der Waals surface area (Å²) in [5, 5.41) is 0. The molecule has 1 fully saturated rings. The molecule has 2 atom stereocenters. The highest BCUT2D eigenvalue weighted by molar-refractivity contribution is 6.11. The number of carbonyl (C=O) groups excluding carboxylic acids is 2. The molecular weight excluding hydrogens is 390 g/mol. The van der Waals surface area contributed by atoms with Crippen molar-refractivity contribution < 1.29 is 19.1 Å². The molecule has 4 rings (SSSR count). The Morgan fingerprint density at radius 2 is 1.77 bits per heavy atom. The van der Waals surface area contributed by atoms with Crippen molar-refractivity contribution in [1.29, 1.82) is 0 Å². The second-order valence-electron chi connectivity index (χ2n) is 8.16. The van der Waals surface area contributed by atoms with Crippen molar-refractivity contribution >= 4 is 17.5 Å². The van der Waals surface area contributed by atoms with Crippen molar-refractivity contribution in [3.8, 4) is 5.75 Å². The number of Topliss-reactive ketones (excluding diaryl/α,β-unsaturated/α-hetero) is 1. The number of benzene rings is 2. The normalized spacial score (nSPS) is 20.7. The van der Waals surface area contributed by atoms with Crippen LogP contribution in [-0.2, 0) is 20.9 Å². The molecule has 0 spiro atoms. The molecule has 2 aromatic rings. The fourth-order valence-corrected chi connectivity index (χ4v) is 4.61. The second-order valence-corrected chi connectivity index (χ2v) is 8.16. The minimum atomic E-state index is -0.414. The Morgan fingerprint density at radius 3 is 2.48 bits per heavy atom. The Bertz CT molecular complexity index is 1070. The van der Waals surface area contributed by atoms with Crippen LogP contribution in [0.15, 0.2) is 64.8 Å². The number of esters is 1. The molecular formula is C26H27NO4. The quantitative estimate of drug-likeness (QED) is 0.647. The van der Waals surface area contributed by atoms with Crippen LogP contribution in [0.5, 0.6) is 5.75 Å². The number of fused-ring (bicyclic) bond motifs is 1. The maximum atomic E-state index is 13.3. The Balaban J connectivity index is 1.68. The zero-order valence-electron chi connectivity index (χ0n) is 18.2. The molecule has 0 radical (unpaired) electrons. The second kappa shape index (κ2) is 8.88. The number of aryl methyl sites for hydroxylation is 1. The maximum absolute atomic E-state index is 13.3. The van der Waals surface area contributed by atoms with Gasteiger partial charge in [0, 0.05) is 23.7 Å². The van der Waals surface area contributed by atoms with Crippen molar-refractivity contribution in [3.63, 3.8) is 0 Å². The lowest BCUT2D eigenvalue weighted by molar-refractivity contribution is -0.140. The summed E-state index contributed by atoms with van der Waals surface area (Å²) in [7, 11) is 1.61. The number of hydrogen-bond donors (Lipinski definition) is 0. The van der Waals surface area contributed by atoms with Crippen molar-refractivity contribution in [2.75, 3.05) is 7.11 Å². The van der Waals surface area contributed by atoms with E-state index in [1.54, 1.807) is 7.11 Å². The lowest BCUT2D eigenvalue weighted by Gasteiger charge is -2.36. The van der Waals surface area contributed by atoms with Gasteiger partial charge in [0.1, 0.15) is 18.1 Å². The lowest BCUT2D eigenvalue weighted by atomic mass is 9.69. The van der Waals surface area contributed by atoms with Crippen LogP contribution in [0.4, 0.5) is 0 Å². The molecule has 0 amide bonds. The van der Waals surface area contributed by atoms with E-state index in [9.17, 15) is 9.59 Å². The summed E-state index contributed by atoms with van der Waals surface area (Å²) >= 11 is 0. The number of nitrogens with zero attached hydrogens (tertiary/aromatic N) is 1. The number of aliphatic imine (C=N–C) groups is 1. The third kappa shape index (κ3) is 4.18. The van der Waals surface area contributed by atoms with E-state index in [1.807, 2.05) is 62.4 Å². The summed E-state index contributed by atoms with van der Waals surface area (Å²) in [5.41, 5.74) is 4.95. The van der Waals surface area contributed by atoms with E-state index in [2.05, 4.69) is 0 Å². The number of methoxy groups -OCH3 is 1. The van der Waals surface area contributed by atoms with E-state index < -0.39 is 5.97 Å². The predicted octanol–water partition coefficient (Wildman–Crippen LogP) is 4.93. The average molecular weight is 418 g/mol. The van der Waals surface area contributed by atoms with Gasteiger partial charge in [0.25, 0.3) is 0 Å². The van der Waals surface area contributed by atoms with Gasteiger partial charge < -0.3 is 9.47 Å². The first kappa shape index (κ1) is 21.0. The summed E-state index contributed by atoms with van der Waals surface area (Å²) in [6.07, 6.45) is 2.14. The number of rotatable bonds is 5. The standard InChI is InChI=1S/C26H27NO4/c1-16-7-4-5-8-20(16)24-23(17(2)27-21-9-6-10-22(28)25(21)24)26(29)31-15-18-11-13-19(30-3)14-12-18/h4-5,7-8,11-14,24-25H,6,9-10,15H2,1-3H3/t24-,25?/m0/s1. The van der Waals surface area contributed by atoms with Gasteiger partial charge in [-0.3, -0.25) is 9.79 Å². The molecule has 0 saturated heterocycles. The molecule has 5 heteroatoms. The number of carbonyl (C=O) groups is 2. The van der Waals surface area contributed by atoms with Crippen LogP contribution in [0.1, 0.15) is 48.8 Å². The molecule has 0 N–H and O–H groups in total. The molecule has 0 bridgehead atoms. The summed E-state index contributed by atoms with van der Waals surface area (Å²) in [6.45, 7) is 4.01. The molecule has 1 saturated carbocycles. The van der Waals surface area contributed by atoms with Crippen LogP contribution >= 0.6 is 0 Å². The SMILES string of the molecule is COc1ccc(COC(=O)C2=C(C)N=C3CCCC(=O)C3[C@H]2c2ccccc2C)cc1. The van der Waals surface area contributed by atoms with E-state index >= 15 is 0 Å². The fourth-order valence-electron chi connectivity index (χ4n) is 4.61. The minimum absolute atomic E-state index is 0.148. The number of allylic oxidation sites excluding steroid dienone is 1.